The van der Waals surface area contributed by atoms with Gasteiger partial charge in [-0.15, -0.1) is 0 Å². The second kappa shape index (κ2) is 7.27. The molecule has 7 nitrogen and oxygen atoms in total. The van der Waals surface area contributed by atoms with E-state index in [1.807, 2.05) is 30.3 Å². The van der Waals surface area contributed by atoms with Gasteiger partial charge < -0.3 is 19.7 Å². The molecule has 2 aliphatic heterocycles. The molecule has 0 bridgehead atoms. The minimum Gasteiger partial charge on any atom is -0.486 e. The predicted molar refractivity (Wildman–Crippen MR) is 108 cm³/mol. The predicted octanol–water partition coefficient (Wildman–Crippen LogP) is 3.32. The molecule has 3 aromatic rings. The molecule has 1 saturated heterocycles. The molecule has 8 heteroatoms. The van der Waals surface area contributed by atoms with Gasteiger partial charge >= 0.3 is 0 Å². The number of fused-ring (bicyclic) bond motifs is 2. The first-order valence-corrected chi connectivity index (χ1v) is 10.2. The maximum absolute atomic E-state index is 12.8. The molecule has 4 heterocycles. The van der Waals surface area contributed by atoms with Gasteiger partial charge in [0.05, 0.1) is 5.92 Å². The van der Waals surface area contributed by atoms with Crippen LogP contribution < -0.4 is 19.7 Å². The molecule has 5 rings (SSSR count). The van der Waals surface area contributed by atoms with Gasteiger partial charge in [-0.05, 0) is 37.1 Å². The van der Waals surface area contributed by atoms with Crippen LogP contribution in [0, 0.1) is 5.92 Å². The lowest BCUT2D eigenvalue weighted by Gasteiger charge is -2.31. The first-order chi connectivity index (χ1) is 13.8. The summed E-state index contributed by atoms with van der Waals surface area (Å²) in [6, 6.07) is 9.38. The molecule has 1 aromatic carbocycles. The van der Waals surface area contributed by atoms with E-state index in [1.165, 1.54) is 0 Å². The second-order valence-electron chi connectivity index (χ2n) is 6.96. The standard InChI is InChI=1S/C20H20N4O3S/c25-18(22-14-5-6-16-17(11-14)27-10-9-26-16)13-3-2-8-24(12-13)20-23-15-4-1-7-21-19(15)28-20/h1,4-7,11,13H,2-3,8-10,12H2,(H,22,25). The van der Waals surface area contributed by atoms with Crippen molar-refractivity contribution in [3.63, 3.8) is 0 Å². The van der Waals surface area contributed by atoms with Crippen molar-refractivity contribution < 1.29 is 14.3 Å². The van der Waals surface area contributed by atoms with Crippen molar-refractivity contribution in [3.8, 4) is 11.5 Å². The van der Waals surface area contributed by atoms with Gasteiger partial charge in [0.2, 0.25) is 5.91 Å². The van der Waals surface area contributed by atoms with Crippen LogP contribution in [0.2, 0.25) is 0 Å². The molecular formula is C20H20N4O3S. The Morgan fingerprint density at radius 1 is 1.21 bits per heavy atom. The molecule has 1 unspecified atom stereocenters. The molecule has 1 N–H and O–H groups in total. The van der Waals surface area contributed by atoms with E-state index in [0.717, 1.165) is 46.3 Å². The van der Waals surface area contributed by atoms with E-state index >= 15 is 0 Å². The van der Waals surface area contributed by atoms with Crippen molar-refractivity contribution in [3.05, 3.63) is 36.5 Å². The number of rotatable bonds is 3. The van der Waals surface area contributed by atoms with Crippen LogP contribution in [-0.4, -0.2) is 42.2 Å². The zero-order chi connectivity index (χ0) is 18.9. The highest BCUT2D eigenvalue weighted by molar-refractivity contribution is 7.21. The summed E-state index contributed by atoms with van der Waals surface area (Å²) < 4.78 is 11.1. The number of hydrogen-bond donors (Lipinski definition) is 1. The number of aromatic nitrogens is 2. The van der Waals surface area contributed by atoms with Crippen molar-refractivity contribution in [1.82, 2.24) is 9.97 Å². The second-order valence-corrected chi connectivity index (χ2v) is 7.91. The highest BCUT2D eigenvalue weighted by Gasteiger charge is 2.28. The lowest BCUT2D eigenvalue weighted by molar-refractivity contribution is -0.120. The Bertz CT molecular complexity index is 989. The summed E-state index contributed by atoms with van der Waals surface area (Å²) in [5.74, 6) is 1.34. The molecular weight excluding hydrogens is 376 g/mol. The fraction of sp³-hybridized carbons (Fsp3) is 0.350. The Morgan fingerprint density at radius 2 is 2.11 bits per heavy atom. The summed E-state index contributed by atoms with van der Waals surface area (Å²) in [5, 5.41) is 3.97. The third kappa shape index (κ3) is 3.35. The van der Waals surface area contributed by atoms with Crippen LogP contribution in [0.25, 0.3) is 10.3 Å². The van der Waals surface area contributed by atoms with E-state index < -0.39 is 0 Å². The molecule has 144 valence electrons. The van der Waals surface area contributed by atoms with Gasteiger partial charge in [-0.3, -0.25) is 4.79 Å². The molecule has 28 heavy (non-hydrogen) atoms. The minimum absolute atomic E-state index is 0.0283. The molecule has 0 aliphatic carbocycles. The Labute approximate surface area is 166 Å². The summed E-state index contributed by atoms with van der Waals surface area (Å²) in [4.78, 5) is 25.0. The average molecular weight is 396 g/mol. The van der Waals surface area contributed by atoms with E-state index in [0.29, 0.717) is 25.5 Å². The Morgan fingerprint density at radius 3 is 3.00 bits per heavy atom. The number of thiazole rings is 1. The van der Waals surface area contributed by atoms with Gasteiger partial charge in [0.1, 0.15) is 23.6 Å². The van der Waals surface area contributed by atoms with Crippen molar-refractivity contribution >= 4 is 38.4 Å². The average Bonchev–Trinajstić information content (AvgIpc) is 3.18. The monoisotopic (exact) mass is 396 g/mol. The maximum atomic E-state index is 12.8. The highest BCUT2D eigenvalue weighted by Crippen LogP contribution is 2.34. The van der Waals surface area contributed by atoms with Gasteiger partial charge in [-0.2, -0.15) is 0 Å². The summed E-state index contributed by atoms with van der Waals surface area (Å²) in [7, 11) is 0. The number of nitrogens with zero attached hydrogens (tertiary/aromatic N) is 3. The van der Waals surface area contributed by atoms with Crippen LogP contribution in [0.1, 0.15) is 12.8 Å². The molecule has 1 amide bonds. The molecule has 0 saturated carbocycles. The summed E-state index contributed by atoms with van der Waals surface area (Å²) >= 11 is 1.58. The number of anilines is 2. The zero-order valence-corrected chi connectivity index (χ0v) is 16.1. The molecule has 2 aliphatic rings. The van der Waals surface area contributed by atoms with E-state index in [-0.39, 0.29) is 11.8 Å². The van der Waals surface area contributed by atoms with E-state index in [2.05, 4.69) is 20.2 Å². The number of benzene rings is 1. The first-order valence-electron chi connectivity index (χ1n) is 9.43. The van der Waals surface area contributed by atoms with Crippen LogP contribution in [0.3, 0.4) is 0 Å². The van der Waals surface area contributed by atoms with Crippen LogP contribution >= 0.6 is 11.3 Å². The lowest BCUT2D eigenvalue weighted by Crippen LogP contribution is -2.40. The van der Waals surface area contributed by atoms with E-state index in [9.17, 15) is 4.79 Å². The van der Waals surface area contributed by atoms with Crippen molar-refractivity contribution in [2.75, 3.05) is 36.5 Å². The Kier molecular flexibility index (Phi) is 4.48. The van der Waals surface area contributed by atoms with Crippen LogP contribution in [0.4, 0.5) is 10.8 Å². The largest absolute Gasteiger partial charge is 0.486 e. The first kappa shape index (κ1) is 17.2. The van der Waals surface area contributed by atoms with E-state index in [4.69, 9.17) is 9.47 Å². The normalized spacial score (nSPS) is 18.9. The Hall–Kier alpha value is -2.87. The number of carbonyl (C=O) groups excluding carboxylic acids is 1. The summed E-state index contributed by atoms with van der Waals surface area (Å²) in [5.41, 5.74) is 1.64. The number of pyridine rings is 1. The number of hydrogen-bond acceptors (Lipinski definition) is 7. The molecule has 2 aromatic heterocycles. The topological polar surface area (TPSA) is 76.6 Å². The van der Waals surface area contributed by atoms with Crippen molar-refractivity contribution in [2.24, 2.45) is 5.92 Å². The van der Waals surface area contributed by atoms with Crippen molar-refractivity contribution in [2.45, 2.75) is 12.8 Å². The number of ether oxygens (including phenoxy) is 2. The smallest absolute Gasteiger partial charge is 0.229 e. The van der Waals surface area contributed by atoms with Crippen LogP contribution in [-0.2, 0) is 4.79 Å². The van der Waals surface area contributed by atoms with Crippen molar-refractivity contribution in [1.29, 1.82) is 0 Å². The molecule has 0 radical (unpaired) electrons. The fourth-order valence-electron chi connectivity index (χ4n) is 3.62. The van der Waals surface area contributed by atoms with Gasteiger partial charge in [0.15, 0.2) is 16.6 Å². The fourth-order valence-corrected chi connectivity index (χ4v) is 4.57. The van der Waals surface area contributed by atoms with Crippen LogP contribution in [0.5, 0.6) is 11.5 Å². The highest BCUT2D eigenvalue weighted by atomic mass is 32.1. The quantitative estimate of drug-likeness (QED) is 0.732. The van der Waals surface area contributed by atoms with Crippen LogP contribution in [0.15, 0.2) is 36.5 Å². The summed E-state index contributed by atoms with van der Waals surface area (Å²) in [6.07, 6.45) is 3.61. The number of amides is 1. The third-order valence-corrected chi connectivity index (χ3v) is 6.07. The number of piperidine rings is 1. The molecule has 0 spiro atoms. The maximum Gasteiger partial charge on any atom is 0.229 e. The van der Waals surface area contributed by atoms with Gasteiger partial charge in [-0.25, -0.2) is 9.97 Å². The third-order valence-electron chi connectivity index (χ3n) is 5.03. The SMILES string of the molecule is O=C(Nc1ccc2c(c1)OCCO2)C1CCCN(c2nc3cccnc3s2)C1. The molecule has 1 fully saturated rings. The number of carbonyl (C=O) groups is 1. The zero-order valence-electron chi connectivity index (χ0n) is 15.3. The number of nitrogens with one attached hydrogen (secondary N) is 1. The summed E-state index contributed by atoms with van der Waals surface area (Å²) in [6.45, 7) is 2.65. The van der Waals surface area contributed by atoms with E-state index in [1.54, 1.807) is 17.5 Å². The lowest BCUT2D eigenvalue weighted by atomic mass is 9.97. The van der Waals surface area contributed by atoms with Gasteiger partial charge in [-0.1, -0.05) is 11.3 Å². The van der Waals surface area contributed by atoms with Gasteiger partial charge in [0.25, 0.3) is 0 Å². The Balaban J connectivity index is 1.28. The van der Waals surface area contributed by atoms with Gasteiger partial charge in [0, 0.05) is 31.0 Å². The molecule has 1 atom stereocenters. The minimum atomic E-state index is -0.0816.